The van der Waals surface area contributed by atoms with E-state index in [1.54, 1.807) is 0 Å². The van der Waals surface area contributed by atoms with E-state index in [-0.39, 0.29) is 37.7 Å². The Labute approximate surface area is 234 Å². The van der Waals surface area contributed by atoms with Gasteiger partial charge >= 0.3 is 37.7 Å². The standard InChI is InChI=1S/C10H8.2C6H16N2.C6H6.2Li/c1-2-6-10-8-4-3-7-9(10)5-1;2*1-7(2)5-6-8(3)4;1-2-4-6-5-3-1;;/h1-8H;2*5-6H2,1-4H3;1-6H;;/q;;;;2*+1/p+4. The molecule has 0 aromatic heterocycles. The van der Waals surface area contributed by atoms with Crippen LogP contribution in [0.25, 0.3) is 10.8 Å². The maximum absolute atomic E-state index is 2.18. The number of likely N-dealkylation sites (N-methyl/N-ethyl adjacent to an activating group) is 4. The number of hydrogen-bond donors (Lipinski definition) is 4. The number of rotatable bonds is 6. The van der Waals surface area contributed by atoms with Gasteiger partial charge in [-0.15, -0.1) is 0 Å². The summed E-state index contributed by atoms with van der Waals surface area (Å²) >= 11 is 0. The molecule has 0 bridgehead atoms. The first-order valence-corrected chi connectivity index (χ1v) is 11.8. The molecule has 4 nitrogen and oxygen atoms in total. The van der Waals surface area contributed by atoms with Gasteiger partial charge in [0, 0.05) is 0 Å². The van der Waals surface area contributed by atoms with Crippen LogP contribution in [-0.2, 0) is 0 Å². The first-order chi connectivity index (χ1) is 15.2. The largest absolute Gasteiger partial charge is 1.00 e. The van der Waals surface area contributed by atoms with Crippen LogP contribution in [0.3, 0.4) is 0 Å². The normalized spacial score (nSPS) is 9.65. The van der Waals surface area contributed by atoms with E-state index < -0.39 is 0 Å². The van der Waals surface area contributed by atoms with Gasteiger partial charge in [-0.2, -0.15) is 0 Å². The summed E-state index contributed by atoms with van der Waals surface area (Å²) in [6, 6.07) is 28.7. The van der Waals surface area contributed by atoms with Gasteiger partial charge in [0.25, 0.3) is 0 Å². The number of nitrogens with one attached hydrogen (secondary N) is 4. The van der Waals surface area contributed by atoms with E-state index in [9.17, 15) is 0 Å². The van der Waals surface area contributed by atoms with Crippen LogP contribution in [0.1, 0.15) is 0 Å². The van der Waals surface area contributed by atoms with Crippen molar-refractivity contribution >= 4 is 10.8 Å². The van der Waals surface area contributed by atoms with Crippen molar-refractivity contribution in [1.82, 2.24) is 0 Å². The van der Waals surface area contributed by atoms with E-state index in [0.717, 1.165) is 0 Å². The molecule has 0 aliphatic carbocycles. The second-order valence-electron chi connectivity index (χ2n) is 9.33. The van der Waals surface area contributed by atoms with Crippen molar-refractivity contribution in [3.05, 3.63) is 84.9 Å². The fraction of sp³-hybridized carbons (Fsp3) is 0.429. The van der Waals surface area contributed by atoms with Gasteiger partial charge < -0.3 is 19.6 Å². The maximum atomic E-state index is 2.18. The summed E-state index contributed by atoms with van der Waals surface area (Å²) in [6.07, 6.45) is 0. The minimum absolute atomic E-state index is 0. The van der Waals surface area contributed by atoms with Gasteiger partial charge in [0.1, 0.15) is 26.2 Å². The molecule has 3 aromatic carbocycles. The number of quaternary nitrogens is 4. The van der Waals surface area contributed by atoms with Crippen LogP contribution in [0.15, 0.2) is 84.9 Å². The van der Waals surface area contributed by atoms with Crippen molar-refractivity contribution < 1.29 is 57.3 Å². The molecule has 0 saturated carbocycles. The van der Waals surface area contributed by atoms with Gasteiger partial charge in [-0.3, -0.25) is 0 Å². The summed E-state index contributed by atoms with van der Waals surface area (Å²) in [4.78, 5) is 6.13. The van der Waals surface area contributed by atoms with Gasteiger partial charge in [0.2, 0.25) is 0 Å². The Morgan fingerprint density at radius 1 is 0.353 bits per heavy atom. The van der Waals surface area contributed by atoms with E-state index in [1.165, 1.54) is 56.6 Å². The summed E-state index contributed by atoms with van der Waals surface area (Å²) in [5, 5.41) is 2.62. The monoisotopic (exact) mass is 456 g/mol. The molecule has 0 spiro atoms. The molecule has 0 fully saturated rings. The molecule has 0 amide bonds. The smallest absolute Gasteiger partial charge is 0.335 e. The Morgan fingerprint density at radius 3 is 0.676 bits per heavy atom. The first-order valence-electron chi connectivity index (χ1n) is 11.8. The zero-order chi connectivity index (χ0) is 24.2. The third-order valence-electron chi connectivity index (χ3n) is 4.58. The van der Waals surface area contributed by atoms with Crippen molar-refractivity contribution in [3.63, 3.8) is 0 Å². The molecular formula is C28H50Li2N4+6. The van der Waals surface area contributed by atoms with Gasteiger partial charge in [-0.25, -0.2) is 0 Å². The van der Waals surface area contributed by atoms with Crippen LogP contribution < -0.4 is 57.3 Å². The topological polar surface area (TPSA) is 17.8 Å². The zero-order valence-corrected chi connectivity index (χ0v) is 23.9. The van der Waals surface area contributed by atoms with Crippen molar-refractivity contribution in [1.29, 1.82) is 0 Å². The molecule has 4 N–H and O–H groups in total. The van der Waals surface area contributed by atoms with Gasteiger partial charge in [0.15, 0.2) is 0 Å². The van der Waals surface area contributed by atoms with Gasteiger partial charge in [-0.05, 0) is 10.8 Å². The summed E-state index contributed by atoms with van der Waals surface area (Å²) in [7, 11) is 17.5. The Morgan fingerprint density at radius 2 is 0.529 bits per heavy atom. The summed E-state index contributed by atoms with van der Waals surface area (Å²) in [5.74, 6) is 0. The molecule has 0 aliphatic rings. The Balaban J connectivity index is -0.000000375. The quantitative estimate of drug-likeness (QED) is 0.264. The van der Waals surface area contributed by atoms with Crippen molar-refractivity contribution in [2.75, 3.05) is 82.6 Å². The van der Waals surface area contributed by atoms with Crippen LogP contribution in [-0.4, -0.2) is 82.6 Å². The maximum Gasteiger partial charge on any atom is 1.00 e. The molecule has 34 heavy (non-hydrogen) atoms. The summed E-state index contributed by atoms with van der Waals surface area (Å²) in [5.41, 5.74) is 0. The van der Waals surface area contributed by atoms with Gasteiger partial charge in [-0.1, -0.05) is 84.9 Å². The van der Waals surface area contributed by atoms with E-state index in [1.807, 2.05) is 36.4 Å². The molecule has 3 rings (SSSR count). The third-order valence-corrected chi connectivity index (χ3v) is 4.58. The molecule has 0 aliphatic heterocycles. The zero-order valence-electron chi connectivity index (χ0n) is 23.9. The molecule has 0 unspecified atom stereocenters. The van der Waals surface area contributed by atoms with Crippen molar-refractivity contribution in [2.45, 2.75) is 0 Å². The van der Waals surface area contributed by atoms with Crippen LogP contribution in [0, 0.1) is 0 Å². The SMILES string of the molecule is C[NH+](C)CC[NH+](C)C.C[NH+](C)CC[NH+](C)C.[Li+].[Li+].c1ccc2ccccc2c1.c1ccccc1. The average Bonchev–Trinajstić information content (AvgIpc) is 2.79. The minimum Gasteiger partial charge on any atom is -0.335 e. The van der Waals surface area contributed by atoms with Crippen molar-refractivity contribution in [2.24, 2.45) is 0 Å². The van der Waals surface area contributed by atoms with E-state index in [0.29, 0.717) is 0 Å². The van der Waals surface area contributed by atoms with Crippen LogP contribution in [0.5, 0.6) is 0 Å². The van der Waals surface area contributed by atoms with Crippen molar-refractivity contribution in [3.8, 4) is 0 Å². The second-order valence-corrected chi connectivity index (χ2v) is 9.33. The predicted molar refractivity (Wildman–Crippen MR) is 141 cm³/mol. The van der Waals surface area contributed by atoms with E-state index in [4.69, 9.17) is 0 Å². The van der Waals surface area contributed by atoms with Crippen LogP contribution in [0.2, 0.25) is 0 Å². The summed E-state index contributed by atoms with van der Waals surface area (Å²) < 4.78 is 0. The molecular weight excluding hydrogens is 406 g/mol. The van der Waals surface area contributed by atoms with E-state index in [2.05, 4.69) is 105 Å². The fourth-order valence-electron chi connectivity index (χ4n) is 2.52. The third kappa shape index (κ3) is 25.6. The molecule has 0 heterocycles. The molecule has 0 radical (unpaired) electrons. The fourth-order valence-corrected chi connectivity index (χ4v) is 2.52. The Kier molecular flexibility index (Phi) is 27.6. The minimum atomic E-state index is 0. The Hall–Kier alpha value is -1.05. The Bertz CT molecular complexity index is 657. The predicted octanol–water partition coefficient (Wildman–Crippen LogP) is -6.91. The molecule has 0 atom stereocenters. The van der Waals surface area contributed by atoms with Crippen LogP contribution >= 0.6 is 0 Å². The van der Waals surface area contributed by atoms with Gasteiger partial charge in [0.05, 0.1) is 56.4 Å². The number of fused-ring (bicyclic) bond motifs is 1. The summed E-state index contributed by atoms with van der Waals surface area (Å²) in [6.45, 7) is 5.06. The molecule has 6 heteroatoms. The average molecular weight is 457 g/mol. The molecule has 0 saturated heterocycles. The molecule has 3 aromatic rings. The molecule has 178 valence electrons. The number of hydrogen-bond acceptors (Lipinski definition) is 0. The van der Waals surface area contributed by atoms with E-state index >= 15 is 0 Å². The first kappa shape index (κ1) is 37.5. The second kappa shape index (κ2) is 25.1. The van der Waals surface area contributed by atoms with Crippen LogP contribution in [0.4, 0.5) is 0 Å². The number of benzene rings is 3.